The third-order valence-corrected chi connectivity index (χ3v) is 4.11. The number of hydrogen-bond donors (Lipinski definition) is 2. The van der Waals surface area contributed by atoms with Crippen molar-refractivity contribution < 1.29 is 9.59 Å². The van der Waals surface area contributed by atoms with Gasteiger partial charge in [-0.1, -0.05) is 0 Å². The molecule has 7 heteroatoms. The van der Waals surface area contributed by atoms with E-state index in [0.717, 1.165) is 18.5 Å². The van der Waals surface area contributed by atoms with Gasteiger partial charge in [0.2, 0.25) is 5.91 Å². The van der Waals surface area contributed by atoms with Crippen LogP contribution in [-0.4, -0.2) is 46.2 Å². The lowest BCUT2D eigenvalue weighted by molar-refractivity contribution is -0.119. The molecular formula is C15H21N5O2. The van der Waals surface area contributed by atoms with Crippen molar-refractivity contribution in [1.82, 2.24) is 20.4 Å². The molecular weight excluding hydrogens is 282 g/mol. The molecule has 1 saturated carbocycles. The molecule has 2 aliphatic rings. The molecule has 1 aromatic heterocycles. The first-order valence-corrected chi connectivity index (χ1v) is 7.78. The van der Waals surface area contributed by atoms with E-state index in [9.17, 15) is 9.59 Å². The molecule has 0 bridgehead atoms. The van der Waals surface area contributed by atoms with Crippen LogP contribution in [0.2, 0.25) is 0 Å². The summed E-state index contributed by atoms with van der Waals surface area (Å²) in [6.45, 7) is 2.78. The predicted molar refractivity (Wildman–Crippen MR) is 81.4 cm³/mol. The fourth-order valence-corrected chi connectivity index (χ4v) is 2.71. The van der Waals surface area contributed by atoms with Gasteiger partial charge in [0.15, 0.2) is 5.82 Å². The SMILES string of the molecule is CC(=O)NC1CCN(C(=O)Nc2ccc(C3CC3)nn2)CC1. The van der Waals surface area contributed by atoms with Crippen LogP contribution in [0.1, 0.15) is 44.2 Å². The van der Waals surface area contributed by atoms with Crippen LogP contribution in [0.4, 0.5) is 10.6 Å². The highest BCUT2D eigenvalue weighted by Crippen LogP contribution is 2.38. The molecule has 1 aliphatic carbocycles. The lowest BCUT2D eigenvalue weighted by Gasteiger charge is -2.32. The minimum atomic E-state index is -0.158. The summed E-state index contributed by atoms with van der Waals surface area (Å²) < 4.78 is 0. The van der Waals surface area contributed by atoms with E-state index in [1.165, 1.54) is 19.8 Å². The van der Waals surface area contributed by atoms with E-state index in [2.05, 4.69) is 20.8 Å². The smallest absolute Gasteiger partial charge is 0.323 e. The molecule has 2 fully saturated rings. The topological polar surface area (TPSA) is 87.2 Å². The van der Waals surface area contributed by atoms with Crippen molar-refractivity contribution in [2.45, 2.75) is 44.6 Å². The third kappa shape index (κ3) is 3.72. The van der Waals surface area contributed by atoms with Crippen LogP contribution >= 0.6 is 0 Å². The molecule has 7 nitrogen and oxygen atoms in total. The second-order valence-electron chi connectivity index (χ2n) is 6.01. The fourth-order valence-electron chi connectivity index (χ4n) is 2.71. The number of carbonyl (C=O) groups excluding carboxylic acids is 2. The quantitative estimate of drug-likeness (QED) is 0.885. The summed E-state index contributed by atoms with van der Waals surface area (Å²) >= 11 is 0. The maximum Gasteiger partial charge on any atom is 0.323 e. The number of nitrogens with one attached hydrogen (secondary N) is 2. The Morgan fingerprint density at radius 3 is 2.41 bits per heavy atom. The summed E-state index contributed by atoms with van der Waals surface area (Å²) in [6, 6.07) is 3.75. The average Bonchev–Trinajstić information content (AvgIpc) is 3.33. The molecule has 2 heterocycles. The Hall–Kier alpha value is -2.18. The Morgan fingerprint density at radius 1 is 1.14 bits per heavy atom. The van der Waals surface area contributed by atoms with Gasteiger partial charge in [0, 0.05) is 32.0 Å². The highest BCUT2D eigenvalue weighted by atomic mass is 16.2. The minimum Gasteiger partial charge on any atom is -0.353 e. The zero-order chi connectivity index (χ0) is 15.5. The van der Waals surface area contributed by atoms with Gasteiger partial charge in [0.05, 0.1) is 5.69 Å². The van der Waals surface area contributed by atoms with Crippen molar-refractivity contribution >= 4 is 17.8 Å². The molecule has 0 spiro atoms. The number of rotatable bonds is 3. The standard InChI is InChI=1S/C15H21N5O2/c1-10(21)16-12-6-8-20(9-7-12)15(22)17-14-5-4-13(18-19-14)11-2-3-11/h4-5,11-12H,2-3,6-9H2,1H3,(H,16,21)(H,17,19,22). The van der Waals surface area contributed by atoms with Gasteiger partial charge in [0.1, 0.15) is 0 Å². The summed E-state index contributed by atoms with van der Waals surface area (Å²) in [4.78, 5) is 25.0. The number of nitrogens with zero attached hydrogens (tertiary/aromatic N) is 3. The molecule has 0 atom stereocenters. The van der Waals surface area contributed by atoms with Crippen LogP contribution in [0.25, 0.3) is 0 Å². The summed E-state index contributed by atoms with van der Waals surface area (Å²) in [5, 5.41) is 13.9. The van der Waals surface area contributed by atoms with E-state index >= 15 is 0 Å². The van der Waals surface area contributed by atoms with Gasteiger partial charge in [0.25, 0.3) is 0 Å². The predicted octanol–water partition coefficient (Wildman–Crippen LogP) is 1.49. The van der Waals surface area contributed by atoms with Crippen molar-refractivity contribution in [2.75, 3.05) is 18.4 Å². The Balaban J connectivity index is 1.48. The van der Waals surface area contributed by atoms with E-state index in [4.69, 9.17) is 0 Å². The zero-order valence-corrected chi connectivity index (χ0v) is 12.7. The first kappa shape index (κ1) is 14.7. The molecule has 2 N–H and O–H groups in total. The number of urea groups is 1. The Kier molecular flexibility index (Phi) is 4.22. The first-order valence-electron chi connectivity index (χ1n) is 7.78. The van der Waals surface area contributed by atoms with E-state index < -0.39 is 0 Å². The highest BCUT2D eigenvalue weighted by molar-refractivity contribution is 5.88. The molecule has 0 radical (unpaired) electrons. The maximum atomic E-state index is 12.2. The van der Waals surface area contributed by atoms with Gasteiger partial charge in [-0.05, 0) is 37.8 Å². The lowest BCUT2D eigenvalue weighted by atomic mass is 10.1. The van der Waals surface area contributed by atoms with Gasteiger partial charge in [-0.15, -0.1) is 5.10 Å². The van der Waals surface area contributed by atoms with Crippen LogP contribution in [0.15, 0.2) is 12.1 Å². The first-order chi connectivity index (χ1) is 10.6. The molecule has 3 rings (SSSR count). The minimum absolute atomic E-state index is 0.0195. The number of carbonyl (C=O) groups is 2. The van der Waals surface area contributed by atoms with Gasteiger partial charge in [-0.2, -0.15) is 5.10 Å². The van der Waals surface area contributed by atoms with Gasteiger partial charge >= 0.3 is 6.03 Å². The lowest BCUT2D eigenvalue weighted by Crippen LogP contribution is -2.47. The van der Waals surface area contributed by atoms with Gasteiger partial charge in [-0.25, -0.2) is 4.79 Å². The Bertz CT molecular complexity index is 548. The number of amides is 3. The summed E-state index contributed by atoms with van der Waals surface area (Å²) in [5.41, 5.74) is 1.01. The normalized spacial score (nSPS) is 18.9. The number of anilines is 1. The van der Waals surface area contributed by atoms with E-state index in [1.54, 1.807) is 4.90 Å². The zero-order valence-electron chi connectivity index (χ0n) is 12.7. The average molecular weight is 303 g/mol. The van der Waals surface area contributed by atoms with E-state index in [-0.39, 0.29) is 18.0 Å². The Labute approximate surface area is 129 Å². The molecule has 1 aromatic rings. The number of piperidine rings is 1. The summed E-state index contributed by atoms with van der Waals surface area (Å²) in [5.74, 6) is 1.03. The maximum absolute atomic E-state index is 12.2. The van der Waals surface area contributed by atoms with Crippen LogP contribution in [0, 0.1) is 0 Å². The van der Waals surface area contributed by atoms with Crippen LogP contribution in [0.3, 0.4) is 0 Å². The van der Waals surface area contributed by atoms with Crippen molar-refractivity contribution in [1.29, 1.82) is 0 Å². The second kappa shape index (κ2) is 6.29. The summed E-state index contributed by atoms with van der Waals surface area (Å²) in [7, 11) is 0. The highest BCUT2D eigenvalue weighted by Gasteiger charge is 2.26. The largest absolute Gasteiger partial charge is 0.353 e. The van der Waals surface area contributed by atoms with E-state index in [1.807, 2.05) is 12.1 Å². The Morgan fingerprint density at radius 2 is 1.86 bits per heavy atom. The monoisotopic (exact) mass is 303 g/mol. The van der Waals surface area contributed by atoms with Gasteiger partial charge < -0.3 is 10.2 Å². The molecule has 1 saturated heterocycles. The fraction of sp³-hybridized carbons (Fsp3) is 0.600. The molecule has 22 heavy (non-hydrogen) atoms. The molecule has 1 aliphatic heterocycles. The molecule has 0 unspecified atom stereocenters. The third-order valence-electron chi connectivity index (χ3n) is 4.11. The van der Waals surface area contributed by atoms with Crippen molar-refractivity contribution in [3.05, 3.63) is 17.8 Å². The van der Waals surface area contributed by atoms with Crippen LogP contribution in [-0.2, 0) is 4.79 Å². The van der Waals surface area contributed by atoms with Crippen molar-refractivity contribution in [3.8, 4) is 0 Å². The second-order valence-corrected chi connectivity index (χ2v) is 6.01. The number of aromatic nitrogens is 2. The molecule has 0 aromatic carbocycles. The molecule has 3 amide bonds. The van der Waals surface area contributed by atoms with Crippen molar-refractivity contribution in [2.24, 2.45) is 0 Å². The van der Waals surface area contributed by atoms with Gasteiger partial charge in [-0.3, -0.25) is 10.1 Å². The van der Waals surface area contributed by atoms with Crippen LogP contribution < -0.4 is 10.6 Å². The number of hydrogen-bond acceptors (Lipinski definition) is 4. The summed E-state index contributed by atoms with van der Waals surface area (Å²) in [6.07, 6.45) is 3.92. The van der Waals surface area contributed by atoms with Crippen molar-refractivity contribution in [3.63, 3.8) is 0 Å². The van der Waals surface area contributed by atoms with E-state index in [0.29, 0.717) is 24.8 Å². The molecule has 118 valence electrons. The van der Waals surface area contributed by atoms with Crippen LogP contribution in [0.5, 0.6) is 0 Å². The number of likely N-dealkylation sites (tertiary alicyclic amines) is 1.